The molecule has 116 valence electrons. The summed E-state index contributed by atoms with van der Waals surface area (Å²) in [6.07, 6.45) is 3.37. The second kappa shape index (κ2) is 7.30. The van der Waals surface area contributed by atoms with Crippen molar-refractivity contribution in [2.75, 3.05) is 13.2 Å². The zero-order chi connectivity index (χ0) is 16.3. The van der Waals surface area contributed by atoms with Gasteiger partial charge in [0.05, 0.1) is 16.0 Å². The second-order valence-corrected chi connectivity index (χ2v) is 6.89. The number of carbonyl (C=O) groups excluding carboxylic acids is 1. The van der Waals surface area contributed by atoms with Crippen LogP contribution in [0.3, 0.4) is 0 Å². The molecule has 1 N–H and O–H groups in total. The minimum Gasteiger partial charge on any atom is -0.503 e. The fourth-order valence-corrected chi connectivity index (χ4v) is 3.62. The molecule has 1 aromatic carbocycles. The van der Waals surface area contributed by atoms with Crippen LogP contribution in [0.15, 0.2) is 34.2 Å². The molecule has 0 aromatic heterocycles. The average molecular weight is 400 g/mol. The molecule has 1 aliphatic rings. The summed E-state index contributed by atoms with van der Waals surface area (Å²) in [5.41, 5.74) is 0.743. The Labute approximate surface area is 147 Å². The van der Waals surface area contributed by atoms with Crippen LogP contribution >= 0.6 is 39.9 Å². The number of hydrogen-bond acceptors (Lipinski definition) is 5. The van der Waals surface area contributed by atoms with E-state index in [4.69, 9.17) is 17.0 Å². The van der Waals surface area contributed by atoms with Crippen molar-refractivity contribution in [3.8, 4) is 11.5 Å². The number of hydrogen-bond donors (Lipinski definition) is 1. The number of thiocarbonyl (C=S) groups is 1. The van der Waals surface area contributed by atoms with Crippen molar-refractivity contribution in [3.05, 3.63) is 39.7 Å². The molecule has 0 radical (unpaired) electrons. The molecule has 0 atom stereocenters. The molecular formula is C15H14BrNO3S2. The third-order valence-corrected chi connectivity index (χ3v) is 4.82. The molecule has 0 bridgehead atoms. The Bertz CT molecular complexity index is 673. The van der Waals surface area contributed by atoms with Gasteiger partial charge in [-0.25, -0.2) is 0 Å². The van der Waals surface area contributed by atoms with Crippen molar-refractivity contribution < 1.29 is 14.6 Å². The Morgan fingerprint density at radius 1 is 1.55 bits per heavy atom. The summed E-state index contributed by atoms with van der Waals surface area (Å²) >= 11 is 9.72. The maximum Gasteiger partial charge on any atom is 0.266 e. The molecule has 1 aliphatic heterocycles. The summed E-state index contributed by atoms with van der Waals surface area (Å²) in [5.74, 6) is 0.264. The van der Waals surface area contributed by atoms with E-state index in [1.54, 1.807) is 24.3 Å². The number of rotatable bonds is 5. The molecule has 2 rings (SSSR count). The van der Waals surface area contributed by atoms with Crippen LogP contribution < -0.4 is 4.74 Å². The number of ether oxygens (including phenoxy) is 1. The van der Waals surface area contributed by atoms with Crippen LogP contribution in [0.1, 0.15) is 12.5 Å². The normalized spacial score (nSPS) is 16.5. The van der Waals surface area contributed by atoms with Crippen LogP contribution in [0.4, 0.5) is 0 Å². The maximum atomic E-state index is 12.3. The van der Waals surface area contributed by atoms with Crippen LogP contribution in [0.25, 0.3) is 6.08 Å². The van der Waals surface area contributed by atoms with E-state index < -0.39 is 0 Å². The van der Waals surface area contributed by atoms with Gasteiger partial charge >= 0.3 is 0 Å². The highest BCUT2D eigenvalue weighted by Gasteiger charge is 2.31. The number of carbonyl (C=O) groups is 1. The molecule has 0 saturated carbocycles. The SMILES string of the molecule is C=CCN1C(=O)C(=Cc2cc(Br)c(O)c(OCC)c2)SC1=S. The Kier molecular flexibility index (Phi) is 5.66. The van der Waals surface area contributed by atoms with Crippen LogP contribution in [0.2, 0.25) is 0 Å². The zero-order valence-corrected chi connectivity index (χ0v) is 15.1. The third-order valence-electron chi connectivity index (χ3n) is 2.83. The Balaban J connectivity index is 2.35. The van der Waals surface area contributed by atoms with Gasteiger partial charge in [-0.15, -0.1) is 6.58 Å². The van der Waals surface area contributed by atoms with Crippen molar-refractivity contribution in [2.24, 2.45) is 0 Å². The number of aromatic hydroxyl groups is 1. The van der Waals surface area contributed by atoms with E-state index >= 15 is 0 Å². The Hall–Kier alpha value is -1.31. The average Bonchev–Trinajstić information content (AvgIpc) is 2.72. The van der Waals surface area contributed by atoms with Gasteiger partial charge in [0, 0.05) is 6.54 Å². The molecule has 0 unspecified atom stereocenters. The lowest BCUT2D eigenvalue weighted by Gasteiger charge is -2.10. The van der Waals surface area contributed by atoms with Crippen molar-refractivity contribution >= 4 is 56.2 Å². The van der Waals surface area contributed by atoms with E-state index in [9.17, 15) is 9.90 Å². The van der Waals surface area contributed by atoms with E-state index in [1.165, 1.54) is 16.7 Å². The first-order chi connectivity index (χ1) is 10.5. The smallest absolute Gasteiger partial charge is 0.266 e. The molecule has 1 fully saturated rings. The van der Waals surface area contributed by atoms with Gasteiger partial charge < -0.3 is 9.84 Å². The lowest BCUT2D eigenvalue weighted by molar-refractivity contribution is -0.121. The fourth-order valence-electron chi connectivity index (χ4n) is 1.88. The molecule has 1 heterocycles. The molecule has 1 aromatic rings. The predicted octanol–water partition coefficient (Wildman–Crippen LogP) is 3.94. The van der Waals surface area contributed by atoms with Gasteiger partial charge in [0.15, 0.2) is 11.5 Å². The lowest BCUT2D eigenvalue weighted by Crippen LogP contribution is -2.27. The van der Waals surface area contributed by atoms with Gasteiger partial charge in [-0.1, -0.05) is 30.1 Å². The van der Waals surface area contributed by atoms with E-state index in [2.05, 4.69) is 22.5 Å². The van der Waals surface area contributed by atoms with Crippen LogP contribution in [-0.4, -0.2) is 33.4 Å². The highest BCUT2D eigenvalue weighted by atomic mass is 79.9. The third kappa shape index (κ3) is 3.53. The van der Waals surface area contributed by atoms with E-state index in [0.717, 1.165) is 5.56 Å². The number of phenols is 1. The van der Waals surface area contributed by atoms with Crippen molar-refractivity contribution in [1.82, 2.24) is 4.90 Å². The number of nitrogens with zero attached hydrogens (tertiary/aromatic N) is 1. The summed E-state index contributed by atoms with van der Waals surface area (Å²) in [5, 5.41) is 9.92. The summed E-state index contributed by atoms with van der Waals surface area (Å²) in [4.78, 5) is 14.3. The molecule has 0 aliphatic carbocycles. The molecule has 22 heavy (non-hydrogen) atoms. The first-order valence-electron chi connectivity index (χ1n) is 6.49. The largest absolute Gasteiger partial charge is 0.503 e. The van der Waals surface area contributed by atoms with E-state index in [0.29, 0.717) is 32.6 Å². The summed E-state index contributed by atoms with van der Waals surface area (Å²) in [6.45, 7) is 6.29. The monoisotopic (exact) mass is 399 g/mol. The number of halogens is 1. The number of amides is 1. The van der Waals surface area contributed by atoms with Crippen molar-refractivity contribution in [1.29, 1.82) is 0 Å². The number of thioether (sulfide) groups is 1. The van der Waals surface area contributed by atoms with Crippen molar-refractivity contribution in [3.63, 3.8) is 0 Å². The standard InChI is InChI=1S/C15H14BrNO3S2/c1-3-5-17-14(19)12(22-15(17)21)8-9-6-10(16)13(18)11(7-9)20-4-2/h3,6-8,18H,1,4-5H2,2H3. The lowest BCUT2D eigenvalue weighted by atomic mass is 10.2. The zero-order valence-electron chi connectivity index (χ0n) is 11.8. The van der Waals surface area contributed by atoms with Crippen molar-refractivity contribution in [2.45, 2.75) is 6.92 Å². The second-order valence-electron chi connectivity index (χ2n) is 4.36. The van der Waals surface area contributed by atoms with Gasteiger partial charge in [0.25, 0.3) is 5.91 Å². The van der Waals surface area contributed by atoms with Gasteiger partial charge in [-0.05, 0) is 46.6 Å². The number of phenolic OH excluding ortho intramolecular Hbond substituents is 1. The number of benzene rings is 1. The van der Waals surface area contributed by atoms with Gasteiger partial charge in [0.1, 0.15) is 4.32 Å². The molecule has 1 saturated heterocycles. The van der Waals surface area contributed by atoms with Gasteiger partial charge in [-0.2, -0.15) is 0 Å². The Morgan fingerprint density at radius 2 is 2.27 bits per heavy atom. The molecule has 4 nitrogen and oxygen atoms in total. The van der Waals surface area contributed by atoms with Crippen LogP contribution in [0.5, 0.6) is 11.5 Å². The first kappa shape index (κ1) is 17.1. The van der Waals surface area contributed by atoms with Gasteiger partial charge in [0.2, 0.25) is 0 Å². The van der Waals surface area contributed by atoms with Gasteiger partial charge in [-0.3, -0.25) is 9.69 Å². The van der Waals surface area contributed by atoms with E-state index in [1.807, 2.05) is 6.92 Å². The topological polar surface area (TPSA) is 49.8 Å². The predicted molar refractivity (Wildman–Crippen MR) is 97.1 cm³/mol. The highest BCUT2D eigenvalue weighted by Crippen LogP contribution is 2.38. The molecular weight excluding hydrogens is 386 g/mol. The minimum atomic E-state index is -0.142. The molecule has 0 spiro atoms. The fraction of sp³-hybridized carbons (Fsp3) is 0.200. The minimum absolute atomic E-state index is 0.0400. The molecule has 1 amide bonds. The Morgan fingerprint density at radius 3 is 2.91 bits per heavy atom. The summed E-state index contributed by atoms with van der Waals surface area (Å²) < 4.78 is 6.40. The quantitative estimate of drug-likeness (QED) is 0.461. The highest BCUT2D eigenvalue weighted by molar-refractivity contribution is 9.10. The summed E-state index contributed by atoms with van der Waals surface area (Å²) in [6, 6.07) is 3.40. The summed E-state index contributed by atoms with van der Waals surface area (Å²) in [7, 11) is 0. The molecule has 7 heteroatoms. The van der Waals surface area contributed by atoms with Crippen LogP contribution in [0, 0.1) is 0 Å². The van der Waals surface area contributed by atoms with Crippen LogP contribution in [-0.2, 0) is 4.79 Å². The first-order valence-corrected chi connectivity index (χ1v) is 8.51. The maximum absolute atomic E-state index is 12.3. The van der Waals surface area contributed by atoms with E-state index in [-0.39, 0.29) is 11.7 Å².